The van der Waals surface area contributed by atoms with Crippen molar-refractivity contribution in [3.8, 4) is 0 Å². The maximum Gasteiger partial charge on any atom is 0.266 e. The molecule has 0 aliphatic carbocycles. The van der Waals surface area contributed by atoms with Gasteiger partial charge in [0, 0.05) is 0 Å². The molecule has 4 nitrogen and oxygen atoms in total. The average molecular weight is 333 g/mol. The number of aryl methyl sites for hydroxylation is 1. The van der Waals surface area contributed by atoms with Crippen molar-refractivity contribution in [2.24, 2.45) is 0 Å². The minimum atomic E-state index is -0.208. The highest BCUT2D eigenvalue weighted by Crippen LogP contribution is 2.27. The van der Waals surface area contributed by atoms with E-state index in [1.165, 1.54) is 23.7 Å². The van der Waals surface area contributed by atoms with Gasteiger partial charge in [-0.1, -0.05) is 11.6 Å². The van der Waals surface area contributed by atoms with Gasteiger partial charge in [-0.15, -0.1) is 11.3 Å². The normalized spacial score (nSPS) is 10.3. The van der Waals surface area contributed by atoms with Gasteiger partial charge in [0.2, 0.25) is 0 Å². The molecule has 0 fully saturated rings. The topological polar surface area (TPSA) is 54.9 Å². The minimum absolute atomic E-state index is 0.208. The van der Waals surface area contributed by atoms with Gasteiger partial charge in [0.15, 0.2) is 5.82 Å². The Hall–Kier alpha value is -0.980. The molecule has 7 heteroatoms. The van der Waals surface area contributed by atoms with E-state index in [0.29, 0.717) is 10.7 Å². The summed E-state index contributed by atoms with van der Waals surface area (Å²) >= 11 is 10.3. The molecule has 17 heavy (non-hydrogen) atoms. The number of hydrogen-bond donors (Lipinski definition) is 1. The van der Waals surface area contributed by atoms with Crippen molar-refractivity contribution in [3.05, 3.63) is 37.8 Å². The number of nitrogens with one attached hydrogen (secondary N) is 1. The molecule has 0 saturated carbocycles. The predicted octanol–water partition coefficient (Wildman–Crippen LogP) is 3.51. The number of amides is 1. The quantitative estimate of drug-likeness (QED) is 0.915. The lowest BCUT2D eigenvalue weighted by atomic mass is 10.3. The number of anilines is 1. The van der Waals surface area contributed by atoms with Crippen LogP contribution >= 0.6 is 38.9 Å². The Kier molecular flexibility index (Phi) is 3.76. The van der Waals surface area contributed by atoms with Gasteiger partial charge in [-0.25, -0.2) is 9.97 Å². The molecular weight excluding hydrogens is 326 g/mol. The standard InChI is InChI=1S/C10H7BrClN3OS/c1-5-2-6(17-9(5)11)10(16)15-8-4-13-7(12)3-14-8/h2-4H,1H3,(H,14,15,16). The Morgan fingerprint density at radius 3 is 2.76 bits per heavy atom. The Labute approximate surface area is 115 Å². The van der Waals surface area contributed by atoms with Crippen LogP contribution in [-0.4, -0.2) is 15.9 Å². The number of hydrogen-bond acceptors (Lipinski definition) is 4. The summed E-state index contributed by atoms with van der Waals surface area (Å²) in [7, 11) is 0. The van der Waals surface area contributed by atoms with E-state index < -0.39 is 0 Å². The van der Waals surface area contributed by atoms with Gasteiger partial charge in [0.05, 0.1) is 21.1 Å². The molecule has 0 radical (unpaired) electrons. The maximum absolute atomic E-state index is 11.8. The first-order valence-electron chi connectivity index (χ1n) is 4.61. The number of thiophene rings is 1. The molecule has 0 bridgehead atoms. The van der Waals surface area contributed by atoms with Crippen LogP contribution in [0.3, 0.4) is 0 Å². The van der Waals surface area contributed by atoms with Crippen LogP contribution in [0.1, 0.15) is 15.2 Å². The summed E-state index contributed by atoms with van der Waals surface area (Å²) < 4.78 is 0.949. The van der Waals surface area contributed by atoms with Gasteiger partial charge < -0.3 is 5.32 Å². The molecule has 1 amide bonds. The summed E-state index contributed by atoms with van der Waals surface area (Å²) in [6.45, 7) is 1.93. The number of nitrogens with zero attached hydrogens (tertiary/aromatic N) is 2. The maximum atomic E-state index is 11.8. The summed E-state index contributed by atoms with van der Waals surface area (Å²) in [6, 6.07) is 1.81. The van der Waals surface area contributed by atoms with Crippen molar-refractivity contribution >= 4 is 50.6 Å². The summed E-state index contributed by atoms with van der Waals surface area (Å²) in [4.78, 5) is 20.2. The molecule has 88 valence electrons. The Balaban J connectivity index is 2.14. The molecule has 2 aromatic rings. The van der Waals surface area contributed by atoms with Crippen LogP contribution in [0.4, 0.5) is 5.82 Å². The van der Waals surface area contributed by atoms with Crippen molar-refractivity contribution in [2.75, 3.05) is 5.32 Å². The van der Waals surface area contributed by atoms with Crippen LogP contribution in [0.2, 0.25) is 5.15 Å². The third-order valence-electron chi connectivity index (χ3n) is 1.94. The molecule has 2 rings (SSSR count). The Morgan fingerprint density at radius 2 is 2.24 bits per heavy atom. The number of aromatic nitrogens is 2. The first kappa shape index (κ1) is 12.5. The van der Waals surface area contributed by atoms with E-state index in [1.807, 2.05) is 13.0 Å². The third kappa shape index (κ3) is 3.02. The monoisotopic (exact) mass is 331 g/mol. The summed E-state index contributed by atoms with van der Waals surface area (Å²) in [5.41, 5.74) is 1.03. The lowest BCUT2D eigenvalue weighted by Gasteiger charge is -2.01. The smallest absolute Gasteiger partial charge is 0.266 e. The molecule has 1 N–H and O–H groups in total. The second kappa shape index (κ2) is 5.12. The molecule has 0 unspecified atom stereocenters. The molecule has 2 heterocycles. The zero-order valence-electron chi connectivity index (χ0n) is 8.70. The number of halogens is 2. The zero-order valence-corrected chi connectivity index (χ0v) is 11.9. The van der Waals surface area contributed by atoms with E-state index in [4.69, 9.17) is 11.6 Å². The van der Waals surface area contributed by atoms with Crippen LogP contribution in [0.5, 0.6) is 0 Å². The molecule has 0 aromatic carbocycles. The van der Waals surface area contributed by atoms with Crippen molar-refractivity contribution < 1.29 is 4.79 Å². The van der Waals surface area contributed by atoms with E-state index in [0.717, 1.165) is 9.35 Å². The fraction of sp³-hybridized carbons (Fsp3) is 0.100. The molecule has 0 atom stereocenters. The second-order valence-electron chi connectivity index (χ2n) is 3.25. The number of rotatable bonds is 2. The van der Waals surface area contributed by atoms with Gasteiger partial charge in [-0.05, 0) is 34.5 Å². The van der Waals surface area contributed by atoms with Gasteiger partial charge in [-0.3, -0.25) is 4.79 Å². The lowest BCUT2D eigenvalue weighted by Crippen LogP contribution is -2.11. The van der Waals surface area contributed by atoms with Crippen molar-refractivity contribution in [1.82, 2.24) is 9.97 Å². The highest BCUT2D eigenvalue weighted by atomic mass is 79.9. The van der Waals surface area contributed by atoms with Gasteiger partial charge in [-0.2, -0.15) is 0 Å². The van der Waals surface area contributed by atoms with Crippen LogP contribution in [0, 0.1) is 6.92 Å². The molecular formula is C10H7BrClN3OS. The van der Waals surface area contributed by atoms with Crippen LogP contribution in [0.25, 0.3) is 0 Å². The minimum Gasteiger partial charge on any atom is -0.305 e. The fourth-order valence-electron chi connectivity index (χ4n) is 1.13. The third-order valence-corrected chi connectivity index (χ3v) is 4.27. The Bertz CT molecular complexity index is 536. The van der Waals surface area contributed by atoms with E-state index in [1.54, 1.807) is 0 Å². The van der Waals surface area contributed by atoms with Crippen molar-refractivity contribution in [2.45, 2.75) is 6.92 Å². The highest BCUT2D eigenvalue weighted by Gasteiger charge is 2.11. The van der Waals surface area contributed by atoms with Crippen LogP contribution < -0.4 is 5.32 Å². The number of carbonyl (C=O) groups is 1. The van der Waals surface area contributed by atoms with Crippen molar-refractivity contribution in [3.63, 3.8) is 0 Å². The molecule has 0 spiro atoms. The van der Waals surface area contributed by atoms with Gasteiger partial charge in [0.25, 0.3) is 5.91 Å². The van der Waals surface area contributed by atoms with E-state index >= 15 is 0 Å². The predicted molar refractivity (Wildman–Crippen MR) is 71.8 cm³/mol. The van der Waals surface area contributed by atoms with Crippen molar-refractivity contribution in [1.29, 1.82) is 0 Å². The van der Waals surface area contributed by atoms with Gasteiger partial charge >= 0.3 is 0 Å². The number of carbonyl (C=O) groups excluding carboxylic acids is 1. The molecule has 0 aliphatic rings. The van der Waals surface area contributed by atoms with E-state index in [-0.39, 0.29) is 11.1 Å². The molecule has 0 saturated heterocycles. The van der Waals surface area contributed by atoms with E-state index in [2.05, 4.69) is 31.2 Å². The zero-order chi connectivity index (χ0) is 12.4. The lowest BCUT2D eigenvalue weighted by molar-refractivity contribution is 0.103. The summed E-state index contributed by atoms with van der Waals surface area (Å²) in [5, 5.41) is 2.93. The highest BCUT2D eigenvalue weighted by molar-refractivity contribution is 9.11. The van der Waals surface area contributed by atoms with Crippen LogP contribution in [-0.2, 0) is 0 Å². The first-order valence-corrected chi connectivity index (χ1v) is 6.60. The first-order chi connectivity index (χ1) is 8.06. The average Bonchev–Trinajstić information content (AvgIpc) is 2.63. The van der Waals surface area contributed by atoms with E-state index in [9.17, 15) is 4.79 Å². The molecule has 2 aromatic heterocycles. The SMILES string of the molecule is Cc1cc(C(=O)Nc2cnc(Cl)cn2)sc1Br. The van der Waals surface area contributed by atoms with Crippen LogP contribution in [0.15, 0.2) is 22.2 Å². The van der Waals surface area contributed by atoms with Gasteiger partial charge in [0.1, 0.15) is 5.15 Å². The molecule has 0 aliphatic heterocycles. The second-order valence-corrected chi connectivity index (χ2v) is 6.00. The Morgan fingerprint density at radius 1 is 1.47 bits per heavy atom. The summed E-state index contributed by atoms with van der Waals surface area (Å²) in [6.07, 6.45) is 2.79. The summed E-state index contributed by atoms with van der Waals surface area (Å²) in [5.74, 6) is 0.169. The fourth-order valence-corrected chi connectivity index (χ4v) is 2.65. The largest absolute Gasteiger partial charge is 0.305 e.